The average molecular weight is 409 g/mol. The lowest BCUT2D eigenvalue weighted by Gasteiger charge is -2.10. The van der Waals surface area contributed by atoms with E-state index in [1.807, 2.05) is 6.07 Å². The molecule has 1 aromatic heterocycles. The van der Waals surface area contributed by atoms with Crippen molar-refractivity contribution in [2.24, 2.45) is 0 Å². The number of nitriles is 1. The lowest BCUT2D eigenvalue weighted by molar-refractivity contribution is 0.482. The SMILES string of the molecule is N#Cc1cc2c(O)c(-c3cccc(-c4cc(F)cc(F)c4)c3)c(=O)[nH]c2cc1Cl. The molecular formula is C22H11ClF2N2O2. The highest BCUT2D eigenvalue weighted by Crippen LogP contribution is 2.35. The Balaban J connectivity index is 1.94. The van der Waals surface area contributed by atoms with Gasteiger partial charge in [0.2, 0.25) is 0 Å². The van der Waals surface area contributed by atoms with Gasteiger partial charge in [0.1, 0.15) is 23.5 Å². The van der Waals surface area contributed by atoms with Crippen LogP contribution < -0.4 is 5.56 Å². The Kier molecular flexibility index (Phi) is 4.53. The molecule has 0 saturated carbocycles. The molecule has 0 radical (unpaired) electrons. The summed E-state index contributed by atoms with van der Waals surface area (Å²) in [5.74, 6) is -1.77. The number of rotatable bonds is 2. The third-order valence-electron chi connectivity index (χ3n) is 4.54. The molecule has 4 rings (SSSR count). The van der Waals surface area contributed by atoms with Crippen LogP contribution in [0.1, 0.15) is 5.56 Å². The van der Waals surface area contributed by atoms with Gasteiger partial charge in [-0.15, -0.1) is 0 Å². The molecule has 142 valence electrons. The molecule has 0 fully saturated rings. The molecule has 0 spiro atoms. The molecule has 0 atom stereocenters. The van der Waals surface area contributed by atoms with Crippen molar-refractivity contribution in [3.05, 3.63) is 87.2 Å². The molecule has 1 heterocycles. The third kappa shape index (κ3) is 3.33. The van der Waals surface area contributed by atoms with Gasteiger partial charge in [0.05, 0.1) is 21.7 Å². The van der Waals surface area contributed by atoms with Crippen LogP contribution in [0.5, 0.6) is 5.75 Å². The van der Waals surface area contributed by atoms with E-state index in [1.54, 1.807) is 24.3 Å². The fourth-order valence-electron chi connectivity index (χ4n) is 3.23. The van der Waals surface area contributed by atoms with E-state index in [-0.39, 0.29) is 32.8 Å². The largest absolute Gasteiger partial charge is 0.506 e. The quantitative estimate of drug-likeness (QED) is 0.468. The Bertz CT molecular complexity index is 1370. The Morgan fingerprint density at radius 1 is 0.966 bits per heavy atom. The summed E-state index contributed by atoms with van der Waals surface area (Å²) >= 11 is 5.99. The summed E-state index contributed by atoms with van der Waals surface area (Å²) in [7, 11) is 0. The van der Waals surface area contributed by atoms with Crippen LogP contribution in [-0.2, 0) is 0 Å². The minimum absolute atomic E-state index is 0.0255. The van der Waals surface area contributed by atoms with Crippen molar-refractivity contribution >= 4 is 22.5 Å². The molecule has 0 aliphatic rings. The van der Waals surface area contributed by atoms with Gasteiger partial charge < -0.3 is 10.1 Å². The summed E-state index contributed by atoms with van der Waals surface area (Å²) in [6, 6.07) is 14.2. The van der Waals surface area contributed by atoms with Gasteiger partial charge in [0, 0.05) is 11.5 Å². The second kappa shape index (κ2) is 7.04. The number of aromatic amines is 1. The van der Waals surface area contributed by atoms with Crippen LogP contribution in [0.3, 0.4) is 0 Å². The number of hydrogen-bond donors (Lipinski definition) is 2. The van der Waals surface area contributed by atoms with E-state index in [9.17, 15) is 18.7 Å². The standard InChI is InChI=1S/C22H11ClF2N2O2/c23-18-9-19-17(7-14(18)10-26)21(28)20(22(29)27-19)12-3-1-2-11(4-12)13-5-15(24)8-16(25)6-13/h1-9H,(H2,27,28,29). The minimum atomic E-state index is -0.724. The Morgan fingerprint density at radius 2 is 1.66 bits per heavy atom. The van der Waals surface area contributed by atoms with Gasteiger partial charge in [-0.1, -0.05) is 29.8 Å². The Morgan fingerprint density at radius 3 is 2.34 bits per heavy atom. The molecule has 0 unspecified atom stereocenters. The number of hydrogen-bond acceptors (Lipinski definition) is 3. The zero-order valence-corrected chi connectivity index (χ0v) is 15.4. The first-order valence-corrected chi connectivity index (χ1v) is 8.80. The van der Waals surface area contributed by atoms with E-state index in [0.29, 0.717) is 16.7 Å². The van der Waals surface area contributed by atoms with E-state index >= 15 is 0 Å². The first-order chi connectivity index (χ1) is 13.9. The maximum Gasteiger partial charge on any atom is 0.260 e. The molecule has 0 bridgehead atoms. The summed E-state index contributed by atoms with van der Waals surface area (Å²) in [6.07, 6.45) is 0. The smallest absolute Gasteiger partial charge is 0.260 e. The van der Waals surface area contributed by atoms with Crippen LogP contribution >= 0.6 is 11.6 Å². The third-order valence-corrected chi connectivity index (χ3v) is 4.85. The number of fused-ring (bicyclic) bond motifs is 1. The predicted octanol–water partition coefficient (Wildman–Crippen LogP) is 5.37. The second-order valence-electron chi connectivity index (χ2n) is 6.41. The number of pyridine rings is 1. The molecule has 4 nitrogen and oxygen atoms in total. The van der Waals surface area contributed by atoms with E-state index < -0.39 is 17.2 Å². The fourth-order valence-corrected chi connectivity index (χ4v) is 3.43. The minimum Gasteiger partial charge on any atom is -0.506 e. The Labute approximate surface area is 168 Å². The summed E-state index contributed by atoms with van der Waals surface area (Å²) in [6.45, 7) is 0. The lowest BCUT2D eigenvalue weighted by atomic mass is 9.97. The van der Waals surface area contributed by atoms with Crippen molar-refractivity contribution in [3.8, 4) is 34.1 Å². The molecule has 3 aromatic carbocycles. The van der Waals surface area contributed by atoms with Gasteiger partial charge in [-0.2, -0.15) is 5.26 Å². The maximum absolute atomic E-state index is 13.6. The van der Waals surface area contributed by atoms with Gasteiger partial charge in [-0.3, -0.25) is 4.79 Å². The maximum atomic E-state index is 13.6. The molecule has 29 heavy (non-hydrogen) atoms. The van der Waals surface area contributed by atoms with E-state index in [0.717, 1.165) is 6.07 Å². The lowest BCUT2D eigenvalue weighted by Crippen LogP contribution is -2.09. The van der Waals surface area contributed by atoms with Gasteiger partial charge in [-0.05, 0) is 47.0 Å². The topological polar surface area (TPSA) is 76.9 Å². The van der Waals surface area contributed by atoms with Crippen molar-refractivity contribution in [1.29, 1.82) is 5.26 Å². The molecule has 0 aliphatic carbocycles. The van der Waals surface area contributed by atoms with Crippen molar-refractivity contribution < 1.29 is 13.9 Å². The van der Waals surface area contributed by atoms with Crippen molar-refractivity contribution in [1.82, 2.24) is 4.98 Å². The number of halogens is 3. The number of H-pyrrole nitrogens is 1. The van der Waals surface area contributed by atoms with E-state index in [4.69, 9.17) is 16.9 Å². The van der Waals surface area contributed by atoms with Gasteiger partial charge in [0.25, 0.3) is 5.56 Å². The average Bonchev–Trinajstić information content (AvgIpc) is 2.67. The number of benzene rings is 3. The molecule has 0 amide bonds. The Hall–Kier alpha value is -3.69. The van der Waals surface area contributed by atoms with Crippen LogP contribution in [0, 0.1) is 23.0 Å². The van der Waals surface area contributed by atoms with E-state index in [2.05, 4.69) is 4.98 Å². The van der Waals surface area contributed by atoms with Gasteiger partial charge >= 0.3 is 0 Å². The number of aromatic hydroxyl groups is 1. The van der Waals surface area contributed by atoms with Crippen LogP contribution in [-0.4, -0.2) is 10.1 Å². The highest BCUT2D eigenvalue weighted by molar-refractivity contribution is 6.32. The number of aromatic nitrogens is 1. The first-order valence-electron chi connectivity index (χ1n) is 8.43. The predicted molar refractivity (Wildman–Crippen MR) is 107 cm³/mol. The molecule has 4 aromatic rings. The summed E-state index contributed by atoms with van der Waals surface area (Å²) in [4.78, 5) is 15.3. The first kappa shape index (κ1) is 18.7. The van der Waals surface area contributed by atoms with Crippen molar-refractivity contribution in [3.63, 3.8) is 0 Å². The van der Waals surface area contributed by atoms with Crippen LogP contribution in [0.2, 0.25) is 5.02 Å². The molecule has 7 heteroatoms. The van der Waals surface area contributed by atoms with Crippen LogP contribution in [0.15, 0.2) is 59.4 Å². The van der Waals surface area contributed by atoms with Gasteiger partial charge in [-0.25, -0.2) is 8.78 Å². The van der Waals surface area contributed by atoms with Gasteiger partial charge in [0.15, 0.2) is 0 Å². The second-order valence-corrected chi connectivity index (χ2v) is 6.81. The summed E-state index contributed by atoms with van der Waals surface area (Å²) in [5, 5.41) is 20.3. The zero-order valence-electron chi connectivity index (χ0n) is 14.6. The monoisotopic (exact) mass is 408 g/mol. The zero-order chi connectivity index (χ0) is 20.7. The van der Waals surface area contributed by atoms with Crippen LogP contribution in [0.25, 0.3) is 33.2 Å². The fraction of sp³-hybridized carbons (Fsp3) is 0. The summed E-state index contributed by atoms with van der Waals surface area (Å²) in [5.41, 5.74) is 0.940. The normalized spacial score (nSPS) is 10.8. The highest BCUT2D eigenvalue weighted by Gasteiger charge is 2.16. The molecule has 0 aliphatic heterocycles. The summed E-state index contributed by atoms with van der Waals surface area (Å²) < 4.78 is 27.1. The number of nitrogens with zero attached hydrogens (tertiary/aromatic N) is 1. The molecular weight excluding hydrogens is 398 g/mol. The highest BCUT2D eigenvalue weighted by atomic mass is 35.5. The van der Waals surface area contributed by atoms with Crippen molar-refractivity contribution in [2.75, 3.05) is 0 Å². The molecule has 0 saturated heterocycles. The van der Waals surface area contributed by atoms with E-state index in [1.165, 1.54) is 24.3 Å². The molecule has 2 N–H and O–H groups in total. The number of nitrogens with one attached hydrogen (secondary N) is 1. The van der Waals surface area contributed by atoms with Crippen LogP contribution in [0.4, 0.5) is 8.78 Å². The van der Waals surface area contributed by atoms with Crippen molar-refractivity contribution in [2.45, 2.75) is 0 Å².